The first-order valence-corrected chi connectivity index (χ1v) is 6.86. The highest BCUT2D eigenvalue weighted by atomic mass is 32.2. The van der Waals surface area contributed by atoms with E-state index < -0.39 is 10.0 Å². The van der Waals surface area contributed by atoms with Gasteiger partial charge in [-0.25, -0.2) is 13.6 Å². The largest absolute Gasteiger partial charge is 0.397 e. The van der Waals surface area contributed by atoms with Crippen LogP contribution in [-0.2, 0) is 14.8 Å². The Kier molecular flexibility index (Phi) is 3.14. The van der Waals surface area contributed by atoms with Crippen LogP contribution in [0.5, 0.6) is 0 Å². The van der Waals surface area contributed by atoms with Gasteiger partial charge in [0.15, 0.2) is 0 Å². The van der Waals surface area contributed by atoms with E-state index in [1.807, 2.05) is 0 Å². The van der Waals surface area contributed by atoms with Gasteiger partial charge >= 0.3 is 0 Å². The summed E-state index contributed by atoms with van der Waals surface area (Å²) >= 11 is 0. The summed E-state index contributed by atoms with van der Waals surface area (Å²) in [5.41, 5.74) is 6.72. The van der Waals surface area contributed by atoms with Crippen LogP contribution in [0.4, 0.5) is 11.4 Å². The Morgan fingerprint density at radius 2 is 2.06 bits per heavy atom. The van der Waals surface area contributed by atoms with Crippen molar-refractivity contribution in [1.82, 2.24) is 5.32 Å². The molecule has 0 spiro atoms. The molecule has 5 N–H and O–H groups in total. The monoisotopic (exact) mass is 270 g/mol. The number of nitrogen functional groups attached to an aromatic ring is 1. The second kappa shape index (κ2) is 4.46. The lowest BCUT2D eigenvalue weighted by atomic mass is 10.2. The lowest BCUT2D eigenvalue weighted by Crippen LogP contribution is -2.47. The number of hydrogen-bond donors (Lipinski definition) is 3. The van der Waals surface area contributed by atoms with E-state index in [4.69, 9.17) is 10.9 Å². The van der Waals surface area contributed by atoms with Gasteiger partial charge in [0, 0.05) is 13.1 Å². The third kappa shape index (κ3) is 2.54. The van der Waals surface area contributed by atoms with E-state index in [1.165, 1.54) is 18.2 Å². The van der Waals surface area contributed by atoms with E-state index in [1.54, 1.807) is 4.90 Å². The second-order valence-corrected chi connectivity index (χ2v) is 5.60. The number of nitrogens with two attached hydrogens (primary N) is 2. The van der Waals surface area contributed by atoms with Gasteiger partial charge in [-0.3, -0.25) is 4.79 Å². The number of benzene rings is 1. The zero-order valence-electron chi connectivity index (χ0n) is 9.59. The summed E-state index contributed by atoms with van der Waals surface area (Å²) in [4.78, 5) is 13.0. The molecule has 0 radical (unpaired) electrons. The normalized spacial score (nSPS) is 16.5. The van der Waals surface area contributed by atoms with Gasteiger partial charge in [-0.2, -0.15) is 0 Å². The van der Waals surface area contributed by atoms with Crippen LogP contribution in [-0.4, -0.2) is 34.0 Å². The number of rotatable bonds is 2. The summed E-state index contributed by atoms with van der Waals surface area (Å²) in [6, 6.07) is 4.21. The van der Waals surface area contributed by atoms with Crippen molar-refractivity contribution in [1.29, 1.82) is 0 Å². The van der Waals surface area contributed by atoms with Gasteiger partial charge in [0.1, 0.15) is 0 Å². The van der Waals surface area contributed by atoms with E-state index in [0.29, 0.717) is 24.5 Å². The van der Waals surface area contributed by atoms with Gasteiger partial charge in [0.25, 0.3) is 0 Å². The number of piperazine rings is 1. The van der Waals surface area contributed by atoms with Crippen LogP contribution in [0, 0.1) is 0 Å². The Morgan fingerprint density at radius 3 is 2.67 bits per heavy atom. The molecule has 1 aliphatic heterocycles. The second-order valence-electron chi connectivity index (χ2n) is 4.04. The number of nitrogens with one attached hydrogen (secondary N) is 1. The smallest absolute Gasteiger partial charge is 0.239 e. The van der Waals surface area contributed by atoms with Gasteiger partial charge in [0.05, 0.1) is 22.8 Å². The van der Waals surface area contributed by atoms with Gasteiger partial charge < -0.3 is 16.0 Å². The molecule has 1 aliphatic rings. The molecule has 1 amide bonds. The van der Waals surface area contributed by atoms with E-state index in [2.05, 4.69) is 5.32 Å². The first kappa shape index (κ1) is 12.7. The number of nitrogens with zero attached hydrogens (tertiary/aromatic N) is 1. The quantitative estimate of drug-likeness (QED) is 0.586. The van der Waals surface area contributed by atoms with Crippen LogP contribution in [0.3, 0.4) is 0 Å². The minimum Gasteiger partial charge on any atom is -0.397 e. The van der Waals surface area contributed by atoms with Crippen LogP contribution >= 0.6 is 0 Å². The Balaban J connectivity index is 2.40. The molecular formula is C10H14N4O3S. The van der Waals surface area contributed by atoms with Gasteiger partial charge in [-0.15, -0.1) is 0 Å². The van der Waals surface area contributed by atoms with Crippen molar-refractivity contribution in [2.24, 2.45) is 5.14 Å². The third-order valence-corrected chi connectivity index (χ3v) is 3.62. The molecule has 0 bridgehead atoms. The summed E-state index contributed by atoms with van der Waals surface area (Å²) in [5.74, 6) is -0.123. The minimum absolute atomic E-state index is 0.0160. The number of hydrogen-bond acceptors (Lipinski definition) is 5. The maximum atomic E-state index is 11.3. The molecule has 0 saturated carbocycles. The highest BCUT2D eigenvalue weighted by Gasteiger charge is 2.20. The molecule has 0 aromatic heterocycles. The number of sulfonamides is 1. The lowest BCUT2D eigenvalue weighted by Gasteiger charge is -2.29. The molecule has 1 heterocycles. The topological polar surface area (TPSA) is 119 Å². The van der Waals surface area contributed by atoms with Crippen LogP contribution in [0.15, 0.2) is 23.1 Å². The molecule has 1 aromatic rings. The zero-order valence-corrected chi connectivity index (χ0v) is 10.4. The van der Waals surface area contributed by atoms with Gasteiger partial charge in [0.2, 0.25) is 15.9 Å². The summed E-state index contributed by atoms with van der Waals surface area (Å²) in [7, 11) is -3.78. The first-order chi connectivity index (χ1) is 8.38. The molecule has 8 heteroatoms. The standard InChI is InChI=1S/C10H14N4O3S/c11-8-2-1-7(18(12,16)17)5-9(8)14-4-3-13-10(15)6-14/h1-2,5H,3-4,6,11H2,(H,13,15)(H2,12,16,17). The molecule has 0 unspecified atom stereocenters. The van der Waals surface area contributed by atoms with E-state index in [0.717, 1.165) is 0 Å². The molecule has 1 saturated heterocycles. The predicted octanol–water partition coefficient (Wildman–Crippen LogP) is -1.15. The van der Waals surface area contributed by atoms with Crippen LogP contribution in [0.25, 0.3) is 0 Å². The van der Waals surface area contributed by atoms with Crippen molar-refractivity contribution in [3.05, 3.63) is 18.2 Å². The zero-order chi connectivity index (χ0) is 13.3. The molecule has 1 aromatic carbocycles. The molecule has 2 rings (SSSR count). The maximum absolute atomic E-state index is 11.3. The number of anilines is 2. The number of carbonyl (C=O) groups is 1. The summed E-state index contributed by atoms with van der Waals surface area (Å²) in [5, 5.41) is 7.75. The maximum Gasteiger partial charge on any atom is 0.239 e. The molecule has 7 nitrogen and oxygen atoms in total. The van der Waals surface area contributed by atoms with Crippen molar-refractivity contribution < 1.29 is 13.2 Å². The van der Waals surface area contributed by atoms with E-state index >= 15 is 0 Å². The molecule has 1 fully saturated rings. The molecule has 98 valence electrons. The van der Waals surface area contributed by atoms with Crippen molar-refractivity contribution in [2.75, 3.05) is 30.3 Å². The van der Waals surface area contributed by atoms with Gasteiger partial charge in [-0.1, -0.05) is 0 Å². The predicted molar refractivity (Wildman–Crippen MR) is 67.5 cm³/mol. The van der Waals surface area contributed by atoms with Crippen LogP contribution in [0.1, 0.15) is 0 Å². The molecule has 0 aliphatic carbocycles. The average Bonchev–Trinajstić information content (AvgIpc) is 2.28. The van der Waals surface area contributed by atoms with Crippen molar-refractivity contribution in [2.45, 2.75) is 4.90 Å². The lowest BCUT2D eigenvalue weighted by molar-refractivity contribution is -0.120. The van der Waals surface area contributed by atoms with Crippen molar-refractivity contribution in [3.63, 3.8) is 0 Å². The fourth-order valence-electron chi connectivity index (χ4n) is 1.82. The van der Waals surface area contributed by atoms with E-state index in [9.17, 15) is 13.2 Å². The average molecular weight is 270 g/mol. The molecule has 18 heavy (non-hydrogen) atoms. The van der Waals surface area contributed by atoms with Gasteiger partial charge in [-0.05, 0) is 18.2 Å². The first-order valence-electron chi connectivity index (χ1n) is 5.32. The minimum atomic E-state index is -3.78. The van der Waals surface area contributed by atoms with Crippen LogP contribution in [0.2, 0.25) is 0 Å². The summed E-state index contributed by atoms with van der Waals surface area (Å²) in [6.45, 7) is 1.22. The molecular weight excluding hydrogens is 256 g/mol. The van der Waals surface area contributed by atoms with E-state index in [-0.39, 0.29) is 17.3 Å². The van der Waals surface area contributed by atoms with Crippen molar-refractivity contribution >= 4 is 27.3 Å². The third-order valence-electron chi connectivity index (χ3n) is 2.71. The number of amides is 1. The summed E-state index contributed by atoms with van der Waals surface area (Å²) < 4.78 is 22.6. The fourth-order valence-corrected chi connectivity index (χ4v) is 2.35. The SMILES string of the molecule is Nc1ccc(S(N)(=O)=O)cc1N1CCNC(=O)C1. The number of primary sulfonamides is 1. The summed E-state index contributed by atoms with van der Waals surface area (Å²) in [6.07, 6.45) is 0. The highest BCUT2D eigenvalue weighted by molar-refractivity contribution is 7.89. The fraction of sp³-hybridized carbons (Fsp3) is 0.300. The van der Waals surface area contributed by atoms with Crippen molar-refractivity contribution in [3.8, 4) is 0 Å². The number of carbonyl (C=O) groups excluding carboxylic acids is 1. The Morgan fingerprint density at radius 1 is 1.33 bits per heavy atom. The van der Waals surface area contributed by atoms with Crippen LogP contribution < -0.4 is 21.1 Å². The Hall–Kier alpha value is -1.80. The Labute approximate surface area is 105 Å². The Bertz CT molecular complexity index is 585. The highest BCUT2D eigenvalue weighted by Crippen LogP contribution is 2.26. The molecule has 0 atom stereocenters.